The number of aliphatic carboxylic acids is 1. The summed E-state index contributed by atoms with van der Waals surface area (Å²) in [6, 6.07) is 0. The molecule has 28 heavy (non-hydrogen) atoms. The van der Waals surface area contributed by atoms with Crippen LogP contribution < -0.4 is 0 Å². The van der Waals surface area contributed by atoms with E-state index in [1.807, 2.05) is 0 Å². The molecule has 0 heterocycles. The van der Waals surface area contributed by atoms with Gasteiger partial charge in [-0.2, -0.15) is 0 Å². The summed E-state index contributed by atoms with van der Waals surface area (Å²) < 4.78 is 5.96. The van der Waals surface area contributed by atoms with Crippen LogP contribution in [0.2, 0.25) is 0 Å². The number of aliphatic hydroxyl groups is 2. The molecule has 3 N–H and O–H groups in total. The van der Waals surface area contributed by atoms with E-state index in [-0.39, 0.29) is 24.4 Å². The van der Waals surface area contributed by atoms with Crippen LogP contribution in [0.5, 0.6) is 0 Å². The quantitative estimate of drug-likeness (QED) is 0.259. The second kappa shape index (κ2) is 15.0. The maximum Gasteiger partial charge on any atom is 0.303 e. The summed E-state index contributed by atoms with van der Waals surface area (Å²) >= 11 is 0. The lowest BCUT2D eigenvalue weighted by Crippen LogP contribution is -2.21. The predicted octanol–water partition coefficient (Wildman–Crippen LogP) is 4.70. The average Bonchev–Trinajstić information content (AvgIpc) is 2.92. The van der Waals surface area contributed by atoms with E-state index >= 15 is 0 Å². The summed E-state index contributed by atoms with van der Waals surface area (Å²) in [5.74, 6) is -0.681. The molecule has 0 aromatic carbocycles. The van der Waals surface area contributed by atoms with E-state index in [9.17, 15) is 15.0 Å². The second-order valence-corrected chi connectivity index (χ2v) is 8.25. The van der Waals surface area contributed by atoms with Gasteiger partial charge in [-0.3, -0.25) is 4.79 Å². The first-order valence-corrected chi connectivity index (χ1v) is 11.4. The third-order valence-corrected chi connectivity index (χ3v) is 5.77. The molecule has 0 bridgehead atoms. The van der Waals surface area contributed by atoms with Gasteiger partial charge in [0.1, 0.15) is 0 Å². The molecule has 0 unspecified atom stereocenters. The van der Waals surface area contributed by atoms with Gasteiger partial charge in [0.05, 0.1) is 18.3 Å². The van der Waals surface area contributed by atoms with E-state index in [4.69, 9.17) is 9.84 Å². The second-order valence-electron chi connectivity index (χ2n) is 8.25. The van der Waals surface area contributed by atoms with E-state index in [1.54, 1.807) is 0 Å². The van der Waals surface area contributed by atoms with Crippen LogP contribution in [-0.2, 0) is 9.53 Å². The molecule has 5 atom stereocenters. The number of carboxylic acids is 1. The molecule has 0 aliphatic heterocycles. The Morgan fingerprint density at radius 3 is 2.46 bits per heavy atom. The van der Waals surface area contributed by atoms with Crippen LogP contribution in [0.1, 0.15) is 90.9 Å². The van der Waals surface area contributed by atoms with Gasteiger partial charge >= 0.3 is 5.97 Å². The summed E-state index contributed by atoms with van der Waals surface area (Å²) in [5, 5.41) is 29.5. The highest BCUT2D eigenvalue weighted by Crippen LogP contribution is 2.37. The van der Waals surface area contributed by atoms with Crippen molar-refractivity contribution in [1.82, 2.24) is 0 Å². The van der Waals surface area contributed by atoms with Crippen LogP contribution in [-0.4, -0.2) is 46.2 Å². The molecule has 0 radical (unpaired) electrons. The number of carboxylic acid groups (broad SMARTS) is 1. The fourth-order valence-electron chi connectivity index (χ4n) is 4.14. The van der Waals surface area contributed by atoms with E-state index in [0.29, 0.717) is 12.8 Å². The summed E-state index contributed by atoms with van der Waals surface area (Å²) in [7, 11) is 0. The Bertz CT molecular complexity index is 437. The molecule has 1 saturated carbocycles. The third kappa shape index (κ3) is 10.0. The standard InChI is InChI=1S/C23H42O5/c1-3-5-8-11-18(28-16-4-2)14-15-20-19(21(24)17-22(20)25)12-9-6-7-10-13-23(26)27/h14-15,18-22,24-25H,3-13,16-17H2,1-2H3,(H,26,27)/b15-14+/t18-,19+,20+,21-,22+/m0/s1. The van der Waals surface area contributed by atoms with Gasteiger partial charge in [-0.05, 0) is 31.6 Å². The van der Waals surface area contributed by atoms with E-state index in [0.717, 1.165) is 51.6 Å². The molecular formula is C23H42O5. The molecule has 1 aliphatic carbocycles. The van der Waals surface area contributed by atoms with Gasteiger partial charge < -0.3 is 20.1 Å². The molecule has 0 saturated heterocycles. The largest absolute Gasteiger partial charge is 0.481 e. The number of hydrogen-bond donors (Lipinski definition) is 3. The van der Waals surface area contributed by atoms with Gasteiger partial charge in [-0.1, -0.05) is 64.5 Å². The fourth-order valence-corrected chi connectivity index (χ4v) is 4.14. The third-order valence-electron chi connectivity index (χ3n) is 5.77. The molecule has 0 amide bonds. The van der Waals surface area contributed by atoms with Crippen LogP contribution in [0.15, 0.2) is 12.2 Å². The fraction of sp³-hybridized carbons (Fsp3) is 0.870. The van der Waals surface area contributed by atoms with Gasteiger partial charge in [-0.15, -0.1) is 0 Å². The molecule has 1 rings (SSSR count). The molecule has 0 aromatic rings. The zero-order valence-corrected chi connectivity index (χ0v) is 17.9. The molecule has 5 heteroatoms. The minimum Gasteiger partial charge on any atom is -0.481 e. The smallest absolute Gasteiger partial charge is 0.303 e. The number of aliphatic hydroxyl groups excluding tert-OH is 2. The normalized spacial score (nSPS) is 26.1. The van der Waals surface area contributed by atoms with Gasteiger partial charge in [0.15, 0.2) is 0 Å². The van der Waals surface area contributed by atoms with Gasteiger partial charge in [0.25, 0.3) is 0 Å². The maximum atomic E-state index is 10.6. The van der Waals surface area contributed by atoms with Crippen molar-refractivity contribution in [3.05, 3.63) is 12.2 Å². The monoisotopic (exact) mass is 398 g/mol. The Labute approximate surface area is 171 Å². The topological polar surface area (TPSA) is 87.0 Å². The van der Waals surface area contributed by atoms with Crippen LogP contribution in [0.3, 0.4) is 0 Å². The minimum atomic E-state index is -0.738. The maximum absolute atomic E-state index is 10.6. The molecule has 1 fully saturated rings. The first-order valence-electron chi connectivity index (χ1n) is 11.4. The zero-order valence-electron chi connectivity index (χ0n) is 17.9. The number of hydrogen-bond acceptors (Lipinski definition) is 4. The summed E-state index contributed by atoms with van der Waals surface area (Å²) in [6.45, 7) is 5.05. The van der Waals surface area contributed by atoms with Crippen molar-refractivity contribution in [3.8, 4) is 0 Å². The Kier molecular flexibility index (Phi) is 13.5. The van der Waals surface area contributed by atoms with Crippen LogP contribution in [0, 0.1) is 11.8 Å². The molecule has 0 aromatic heterocycles. The average molecular weight is 399 g/mol. The lowest BCUT2D eigenvalue weighted by atomic mass is 9.87. The van der Waals surface area contributed by atoms with Gasteiger partial charge in [0, 0.05) is 25.4 Å². The van der Waals surface area contributed by atoms with Crippen LogP contribution >= 0.6 is 0 Å². The molecular weight excluding hydrogens is 356 g/mol. The summed E-state index contributed by atoms with van der Waals surface area (Å²) in [6.07, 6.45) is 14.0. The first-order chi connectivity index (χ1) is 13.5. The highest BCUT2D eigenvalue weighted by Gasteiger charge is 2.39. The van der Waals surface area contributed by atoms with Crippen molar-refractivity contribution in [2.45, 2.75) is 109 Å². The van der Waals surface area contributed by atoms with Crippen molar-refractivity contribution in [1.29, 1.82) is 0 Å². The zero-order chi connectivity index (χ0) is 20.8. The van der Waals surface area contributed by atoms with Gasteiger partial charge in [0.2, 0.25) is 0 Å². The Hall–Kier alpha value is -0.910. The lowest BCUT2D eigenvalue weighted by molar-refractivity contribution is -0.137. The minimum absolute atomic E-state index is 0.0204. The first kappa shape index (κ1) is 25.1. The Morgan fingerprint density at radius 2 is 1.79 bits per heavy atom. The molecule has 164 valence electrons. The van der Waals surface area contributed by atoms with Crippen LogP contribution in [0.4, 0.5) is 0 Å². The van der Waals surface area contributed by atoms with Crippen molar-refractivity contribution in [2.24, 2.45) is 11.8 Å². The molecule has 5 nitrogen and oxygen atoms in total. The highest BCUT2D eigenvalue weighted by atomic mass is 16.5. The van der Waals surface area contributed by atoms with Crippen molar-refractivity contribution in [2.75, 3.05) is 6.61 Å². The van der Waals surface area contributed by atoms with Crippen molar-refractivity contribution >= 4 is 5.97 Å². The predicted molar refractivity (Wildman–Crippen MR) is 112 cm³/mol. The number of carbonyl (C=O) groups is 1. The molecule has 1 aliphatic rings. The Morgan fingerprint density at radius 1 is 1.04 bits per heavy atom. The summed E-state index contributed by atoms with van der Waals surface area (Å²) in [4.78, 5) is 10.6. The van der Waals surface area contributed by atoms with E-state index < -0.39 is 18.2 Å². The SMILES string of the molecule is CCCCC[C@@H](/C=C/[C@@H]1[C@@H](CCCCCCC(=O)O)[C@@H](O)C[C@H]1O)OCCC. The van der Waals surface area contributed by atoms with E-state index in [1.165, 1.54) is 12.8 Å². The Balaban J connectivity index is 2.52. The van der Waals surface area contributed by atoms with Crippen molar-refractivity contribution in [3.63, 3.8) is 0 Å². The molecule has 0 spiro atoms. The number of unbranched alkanes of at least 4 members (excludes halogenated alkanes) is 5. The summed E-state index contributed by atoms with van der Waals surface area (Å²) in [5.41, 5.74) is 0. The van der Waals surface area contributed by atoms with Gasteiger partial charge in [-0.25, -0.2) is 0 Å². The lowest BCUT2D eigenvalue weighted by Gasteiger charge is -2.22. The van der Waals surface area contributed by atoms with Crippen LogP contribution in [0.25, 0.3) is 0 Å². The highest BCUT2D eigenvalue weighted by molar-refractivity contribution is 5.66. The van der Waals surface area contributed by atoms with Crippen molar-refractivity contribution < 1.29 is 24.9 Å². The van der Waals surface area contributed by atoms with E-state index in [2.05, 4.69) is 26.0 Å². The number of rotatable bonds is 16. The number of ether oxygens (including phenoxy) is 1.